The van der Waals surface area contributed by atoms with E-state index in [1.54, 1.807) is 12.1 Å². The summed E-state index contributed by atoms with van der Waals surface area (Å²) in [6.07, 6.45) is 6.32. The first kappa shape index (κ1) is 13.5. The Morgan fingerprint density at radius 1 is 1.33 bits per heavy atom. The molecule has 1 N–H and O–H groups in total. The molecule has 0 aliphatic heterocycles. The van der Waals surface area contributed by atoms with E-state index in [0.29, 0.717) is 11.5 Å². The Labute approximate surface area is 110 Å². The number of hydrogen-bond acceptors (Lipinski definition) is 1. The summed E-state index contributed by atoms with van der Waals surface area (Å²) in [7, 11) is 0. The molecule has 0 bridgehead atoms. The largest absolute Gasteiger partial charge is 0.313 e. The van der Waals surface area contributed by atoms with Crippen molar-refractivity contribution in [3.8, 4) is 0 Å². The smallest absolute Gasteiger partial charge is 0.123 e. The fraction of sp³-hybridized carbons (Fsp3) is 0.625. The number of benzene rings is 1. The summed E-state index contributed by atoms with van der Waals surface area (Å²) < 4.78 is 13.1. The Balaban J connectivity index is 1.80. The van der Waals surface area contributed by atoms with Crippen LogP contribution in [0.2, 0.25) is 0 Å². The van der Waals surface area contributed by atoms with E-state index in [4.69, 9.17) is 0 Å². The molecule has 2 rings (SSSR count). The second kappa shape index (κ2) is 5.83. The molecule has 1 aliphatic rings. The van der Waals surface area contributed by atoms with Gasteiger partial charge in [0.25, 0.3) is 0 Å². The molecule has 2 heteroatoms. The third-order valence-corrected chi connectivity index (χ3v) is 4.12. The lowest BCUT2D eigenvalue weighted by Gasteiger charge is -2.26. The highest BCUT2D eigenvalue weighted by molar-refractivity contribution is 5.17. The van der Waals surface area contributed by atoms with E-state index in [0.717, 1.165) is 18.5 Å². The minimum Gasteiger partial charge on any atom is -0.313 e. The number of halogens is 1. The van der Waals surface area contributed by atoms with E-state index in [1.165, 1.54) is 31.7 Å². The van der Waals surface area contributed by atoms with Crippen LogP contribution >= 0.6 is 0 Å². The second-order valence-electron chi connectivity index (χ2n) is 6.13. The van der Waals surface area contributed by atoms with Crippen molar-refractivity contribution in [2.75, 3.05) is 6.54 Å². The molecule has 1 aromatic rings. The summed E-state index contributed by atoms with van der Waals surface area (Å²) in [6, 6.07) is 7.33. The molecular weight excluding hydrogens is 225 g/mol. The summed E-state index contributed by atoms with van der Waals surface area (Å²) in [5.41, 5.74) is 1.56. The van der Waals surface area contributed by atoms with Crippen LogP contribution in [0.4, 0.5) is 4.39 Å². The fourth-order valence-corrected chi connectivity index (χ4v) is 2.92. The van der Waals surface area contributed by atoms with Gasteiger partial charge in [-0.05, 0) is 49.3 Å². The van der Waals surface area contributed by atoms with Crippen molar-refractivity contribution in [2.45, 2.75) is 52.0 Å². The van der Waals surface area contributed by atoms with E-state index in [9.17, 15) is 4.39 Å². The van der Waals surface area contributed by atoms with Gasteiger partial charge < -0.3 is 5.32 Å². The molecule has 0 heterocycles. The highest BCUT2D eigenvalue weighted by Gasteiger charge is 2.28. The van der Waals surface area contributed by atoms with Crippen LogP contribution in [0.3, 0.4) is 0 Å². The Morgan fingerprint density at radius 3 is 2.72 bits per heavy atom. The zero-order valence-electron chi connectivity index (χ0n) is 11.5. The van der Waals surface area contributed by atoms with Gasteiger partial charge in [-0.2, -0.15) is 0 Å². The van der Waals surface area contributed by atoms with Gasteiger partial charge in [-0.25, -0.2) is 4.39 Å². The maximum Gasteiger partial charge on any atom is 0.123 e. The quantitative estimate of drug-likeness (QED) is 0.834. The van der Waals surface area contributed by atoms with Gasteiger partial charge in [0.1, 0.15) is 5.82 Å². The minimum absolute atomic E-state index is 0.137. The molecule has 0 radical (unpaired) electrons. The van der Waals surface area contributed by atoms with Crippen molar-refractivity contribution in [3.63, 3.8) is 0 Å². The molecule has 0 aromatic heterocycles. The summed E-state index contributed by atoms with van der Waals surface area (Å²) in [4.78, 5) is 0. The molecule has 18 heavy (non-hydrogen) atoms. The van der Waals surface area contributed by atoms with E-state index >= 15 is 0 Å². The third kappa shape index (κ3) is 3.81. The molecule has 1 nitrogen and oxygen atoms in total. The van der Waals surface area contributed by atoms with E-state index in [-0.39, 0.29) is 5.82 Å². The van der Waals surface area contributed by atoms with Crippen molar-refractivity contribution in [2.24, 2.45) is 5.41 Å². The molecule has 1 atom stereocenters. The lowest BCUT2D eigenvalue weighted by atomic mass is 9.88. The van der Waals surface area contributed by atoms with Gasteiger partial charge in [0.15, 0.2) is 0 Å². The van der Waals surface area contributed by atoms with Crippen LogP contribution in [0.15, 0.2) is 24.3 Å². The minimum atomic E-state index is -0.137. The van der Waals surface area contributed by atoms with Crippen LogP contribution in [0, 0.1) is 11.2 Å². The lowest BCUT2D eigenvalue weighted by Crippen LogP contribution is -2.36. The summed E-state index contributed by atoms with van der Waals surface area (Å²) >= 11 is 0. The van der Waals surface area contributed by atoms with Crippen molar-refractivity contribution < 1.29 is 4.39 Å². The highest BCUT2D eigenvalue weighted by Crippen LogP contribution is 2.36. The summed E-state index contributed by atoms with van der Waals surface area (Å²) in [5, 5.41) is 3.61. The highest BCUT2D eigenvalue weighted by atomic mass is 19.1. The van der Waals surface area contributed by atoms with Crippen LogP contribution in [0.5, 0.6) is 0 Å². The van der Waals surface area contributed by atoms with Crippen LogP contribution in [0.25, 0.3) is 0 Å². The first-order valence-electron chi connectivity index (χ1n) is 7.05. The molecule has 1 unspecified atom stereocenters. The van der Waals surface area contributed by atoms with E-state index < -0.39 is 0 Å². The molecule has 1 aliphatic carbocycles. The average molecular weight is 249 g/mol. The Hall–Kier alpha value is -0.890. The normalized spacial score (nSPS) is 19.9. The maximum absolute atomic E-state index is 13.1. The Morgan fingerprint density at radius 2 is 2.06 bits per heavy atom. The zero-order chi connectivity index (χ0) is 13.0. The second-order valence-corrected chi connectivity index (χ2v) is 6.13. The van der Waals surface area contributed by atoms with Crippen LogP contribution in [-0.4, -0.2) is 12.6 Å². The van der Waals surface area contributed by atoms with Crippen LogP contribution in [-0.2, 0) is 6.42 Å². The molecular formula is C16H24FN. The lowest BCUT2D eigenvalue weighted by molar-refractivity contribution is 0.300. The average Bonchev–Trinajstić information content (AvgIpc) is 2.74. The van der Waals surface area contributed by atoms with E-state index in [1.807, 2.05) is 6.07 Å². The molecule has 1 saturated carbocycles. The van der Waals surface area contributed by atoms with Crippen molar-refractivity contribution in [3.05, 3.63) is 35.6 Å². The van der Waals surface area contributed by atoms with Gasteiger partial charge in [0.2, 0.25) is 0 Å². The number of rotatable bonds is 5. The SMILES string of the molecule is CC(Cc1cccc(F)c1)NCC1(C)CCCC1. The van der Waals surface area contributed by atoms with Crippen molar-refractivity contribution >= 4 is 0 Å². The first-order valence-corrected chi connectivity index (χ1v) is 7.05. The fourth-order valence-electron chi connectivity index (χ4n) is 2.92. The predicted octanol–water partition coefficient (Wildman–Crippen LogP) is 3.93. The van der Waals surface area contributed by atoms with Gasteiger partial charge in [0.05, 0.1) is 0 Å². The van der Waals surface area contributed by atoms with Gasteiger partial charge >= 0.3 is 0 Å². The summed E-state index contributed by atoms with van der Waals surface area (Å²) in [5.74, 6) is -0.137. The van der Waals surface area contributed by atoms with E-state index in [2.05, 4.69) is 19.2 Å². The van der Waals surface area contributed by atoms with Crippen LogP contribution in [0.1, 0.15) is 45.1 Å². The topological polar surface area (TPSA) is 12.0 Å². The van der Waals surface area contributed by atoms with Gasteiger partial charge in [-0.3, -0.25) is 0 Å². The summed E-state index contributed by atoms with van der Waals surface area (Å²) in [6.45, 7) is 5.65. The monoisotopic (exact) mass is 249 g/mol. The first-order chi connectivity index (χ1) is 8.57. The predicted molar refractivity (Wildman–Crippen MR) is 74.1 cm³/mol. The van der Waals surface area contributed by atoms with Crippen molar-refractivity contribution in [1.29, 1.82) is 0 Å². The molecule has 0 spiro atoms. The van der Waals surface area contributed by atoms with Crippen molar-refractivity contribution in [1.82, 2.24) is 5.32 Å². The molecule has 1 aromatic carbocycles. The number of nitrogens with one attached hydrogen (secondary N) is 1. The molecule has 0 amide bonds. The zero-order valence-corrected chi connectivity index (χ0v) is 11.5. The number of hydrogen-bond donors (Lipinski definition) is 1. The molecule has 100 valence electrons. The molecule has 0 saturated heterocycles. The molecule has 1 fully saturated rings. The van der Waals surface area contributed by atoms with Gasteiger partial charge in [0, 0.05) is 12.6 Å². The maximum atomic E-state index is 13.1. The third-order valence-electron chi connectivity index (χ3n) is 4.12. The Bertz CT molecular complexity index is 382. The standard InChI is InChI=1S/C16H24FN/c1-13(10-14-6-5-7-15(17)11-14)18-12-16(2)8-3-4-9-16/h5-7,11,13,18H,3-4,8-10,12H2,1-2H3. The Kier molecular flexibility index (Phi) is 4.39. The van der Waals surface area contributed by atoms with Crippen LogP contribution < -0.4 is 5.32 Å². The van der Waals surface area contributed by atoms with Gasteiger partial charge in [-0.1, -0.05) is 31.9 Å². The van der Waals surface area contributed by atoms with Gasteiger partial charge in [-0.15, -0.1) is 0 Å².